The summed E-state index contributed by atoms with van der Waals surface area (Å²) in [4.78, 5) is 24.3. The van der Waals surface area contributed by atoms with Crippen LogP contribution in [0.2, 0.25) is 0 Å². The van der Waals surface area contributed by atoms with E-state index in [2.05, 4.69) is 5.32 Å². The molecule has 1 aliphatic heterocycles. The van der Waals surface area contributed by atoms with Crippen LogP contribution in [0.25, 0.3) is 0 Å². The molecule has 0 atom stereocenters. The van der Waals surface area contributed by atoms with Crippen molar-refractivity contribution in [1.29, 1.82) is 0 Å². The van der Waals surface area contributed by atoms with Gasteiger partial charge in [-0.25, -0.2) is 4.79 Å². The van der Waals surface area contributed by atoms with E-state index in [-0.39, 0.29) is 12.3 Å². The second-order valence-electron chi connectivity index (χ2n) is 4.81. The van der Waals surface area contributed by atoms with E-state index < -0.39 is 5.97 Å². The molecule has 1 heterocycles. The van der Waals surface area contributed by atoms with Gasteiger partial charge in [0, 0.05) is 11.4 Å². The van der Waals surface area contributed by atoms with E-state index in [0.29, 0.717) is 28.5 Å². The average Bonchev–Trinajstić information content (AvgIpc) is 3.01. The summed E-state index contributed by atoms with van der Waals surface area (Å²) in [5.74, 6) is 1.35. The molecule has 1 N–H and O–H groups in total. The van der Waals surface area contributed by atoms with Gasteiger partial charge in [0.05, 0.1) is 27.8 Å². The van der Waals surface area contributed by atoms with Crippen LogP contribution in [-0.4, -0.2) is 39.0 Å². The summed E-state index contributed by atoms with van der Waals surface area (Å²) in [6.45, 7) is 0. The van der Waals surface area contributed by atoms with Gasteiger partial charge in [-0.1, -0.05) is 6.07 Å². The Bertz CT molecular complexity index is 641. The lowest BCUT2D eigenvalue weighted by atomic mass is 10.1. The average molecular weight is 337 g/mol. The molecule has 0 saturated carbocycles. The number of thioether (sulfide) groups is 1. The van der Waals surface area contributed by atoms with Gasteiger partial charge < -0.3 is 19.5 Å². The van der Waals surface area contributed by atoms with Gasteiger partial charge in [-0.2, -0.15) is 0 Å². The smallest absolute Gasteiger partial charge is 0.346 e. The highest BCUT2D eigenvalue weighted by atomic mass is 32.2. The number of allylic oxidation sites excluding steroid dienone is 1. The highest BCUT2D eigenvalue weighted by molar-refractivity contribution is 8.04. The van der Waals surface area contributed by atoms with Crippen LogP contribution in [0.15, 0.2) is 28.8 Å². The summed E-state index contributed by atoms with van der Waals surface area (Å²) >= 11 is 1.40. The Kier molecular flexibility index (Phi) is 5.92. The molecule has 124 valence electrons. The molecular weight excluding hydrogens is 318 g/mol. The first-order chi connectivity index (χ1) is 11.1. The number of carbonyl (C=O) groups is 2. The topological polar surface area (TPSA) is 73.9 Å². The predicted octanol–water partition coefficient (Wildman–Crippen LogP) is 1.88. The lowest BCUT2D eigenvalue weighted by molar-refractivity contribution is -0.135. The zero-order chi connectivity index (χ0) is 16.8. The highest BCUT2D eigenvalue weighted by Crippen LogP contribution is 2.31. The first-order valence-corrected chi connectivity index (χ1v) is 8.02. The zero-order valence-electron chi connectivity index (χ0n) is 13.3. The Labute approximate surface area is 139 Å². The van der Waals surface area contributed by atoms with Gasteiger partial charge >= 0.3 is 5.97 Å². The standard InChI is InChI=1S/C16H19NO5S/c1-20-12-5-4-10(8-13(12)21-2)9-14(18)17-11-6-7-23-15(11)16(19)22-3/h4-5,8H,6-7,9H2,1-3H3,(H,17,18). The van der Waals surface area contributed by atoms with Crippen LogP contribution >= 0.6 is 11.8 Å². The molecule has 23 heavy (non-hydrogen) atoms. The molecular formula is C16H19NO5S. The Morgan fingerprint density at radius 1 is 1.17 bits per heavy atom. The lowest BCUT2D eigenvalue weighted by Crippen LogP contribution is -2.25. The maximum atomic E-state index is 12.2. The largest absolute Gasteiger partial charge is 0.493 e. The van der Waals surface area contributed by atoms with Crippen molar-refractivity contribution in [3.8, 4) is 11.5 Å². The highest BCUT2D eigenvalue weighted by Gasteiger charge is 2.23. The van der Waals surface area contributed by atoms with Crippen molar-refractivity contribution in [2.45, 2.75) is 12.8 Å². The van der Waals surface area contributed by atoms with Crippen molar-refractivity contribution >= 4 is 23.6 Å². The maximum absolute atomic E-state index is 12.2. The summed E-state index contributed by atoms with van der Waals surface area (Å²) in [6.07, 6.45) is 0.829. The molecule has 0 aliphatic carbocycles. The number of ether oxygens (including phenoxy) is 3. The molecule has 0 aromatic heterocycles. The first-order valence-electron chi connectivity index (χ1n) is 7.04. The molecule has 0 bridgehead atoms. The van der Waals surface area contributed by atoms with E-state index in [1.807, 2.05) is 0 Å². The number of amides is 1. The monoisotopic (exact) mass is 337 g/mol. The van der Waals surface area contributed by atoms with Crippen LogP contribution < -0.4 is 14.8 Å². The van der Waals surface area contributed by atoms with Gasteiger partial charge in [-0.15, -0.1) is 11.8 Å². The third kappa shape index (κ3) is 4.19. The second-order valence-corrected chi connectivity index (χ2v) is 5.92. The van der Waals surface area contributed by atoms with E-state index in [1.54, 1.807) is 32.4 Å². The van der Waals surface area contributed by atoms with E-state index in [4.69, 9.17) is 14.2 Å². The van der Waals surface area contributed by atoms with E-state index >= 15 is 0 Å². The van der Waals surface area contributed by atoms with Crippen molar-refractivity contribution in [1.82, 2.24) is 5.32 Å². The fourth-order valence-corrected chi connectivity index (χ4v) is 3.28. The Morgan fingerprint density at radius 2 is 1.91 bits per heavy atom. The predicted molar refractivity (Wildman–Crippen MR) is 87.5 cm³/mol. The van der Waals surface area contributed by atoms with Crippen LogP contribution in [0.4, 0.5) is 0 Å². The molecule has 0 radical (unpaired) electrons. The second kappa shape index (κ2) is 7.92. The van der Waals surface area contributed by atoms with Crippen LogP contribution in [0.3, 0.4) is 0 Å². The first kappa shape index (κ1) is 17.2. The molecule has 1 aliphatic rings. The molecule has 1 aromatic carbocycles. The van der Waals surface area contributed by atoms with Crippen molar-refractivity contribution < 1.29 is 23.8 Å². The van der Waals surface area contributed by atoms with Crippen LogP contribution in [-0.2, 0) is 20.7 Å². The molecule has 0 unspecified atom stereocenters. The SMILES string of the molecule is COC(=O)C1=C(NC(=O)Cc2ccc(OC)c(OC)c2)CCS1. The third-order valence-corrected chi connectivity index (χ3v) is 4.46. The van der Waals surface area contributed by atoms with Crippen molar-refractivity contribution in [2.24, 2.45) is 0 Å². The summed E-state index contributed by atoms with van der Waals surface area (Å²) in [7, 11) is 4.44. The molecule has 0 fully saturated rings. The molecule has 6 nitrogen and oxygen atoms in total. The van der Waals surface area contributed by atoms with Crippen LogP contribution in [0.1, 0.15) is 12.0 Å². The van der Waals surface area contributed by atoms with E-state index in [9.17, 15) is 9.59 Å². The molecule has 0 saturated heterocycles. The van der Waals surface area contributed by atoms with E-state index in [0.717, 1.165) is 11.3 Å². The normalized spacial score (nSPS) is 13.7. The van der Waals surface area contributed by atoms with Gasteiger partial charge in [0.1, 0.15) is 4.91 Å². The minimum Gasteiger partial charge on any atom is -0.493 e. The number of carbonyl (C=O) groups excluding carboxylic acids is 2. The minimum atomic E-state index is -0.408. The van der Waals surface area contributed by atoms with Crippen molar-refractivity contribution in [2.75, 3.05) is 27.1 Å². The zero-order valence-corrected chi connectivity index (χ0v) is 14.1. The minimum absolute atomic E-state index is 0.184. The van der Waals surface area contributed by atoms with Crippen molar-refractivity contribution in [3.05, 3.63) is 34.4 Å². The van der Waals surface area contributed by atoms with Gasteiger partial charge in [0.2, 0.25) is 5.91 Å². The van der Waals surface area contributed by atoms with Crippen molar-refractivity contribution in [3.63, 3.8) is 0 Å². The Balaban J connectivity index is 2.06. The fourth-order valence-electron chi connectivity index (χ4n) is 2.24. The summed E-state index contributed by atoms with van der Waals surface area (Å²) < 4.78 is 15.1. The number of esters is 1. The summed E-state index contributed by atoms with van der Waals surface area (Å²) in [5, 5.41) is 2.81. The van der Waals surface area contributed by atoms with Crippen LogP contribution in [0.5, 0.6) is 11.5 Å². The maximum Gasteiger partial charge on any atom is 0.346 e. The van der Waals surface area contributed by atoms with Gasteiger partial charge in [-0.3, -0.25) is 4.79 Å². The molecule has 7 heteroatoms. The Morgan fingerprint density at radius 3 is 2.57 bits per heavy atom. The molecule has 0 spiro atoms. The summed E-state index contributed by atoms with van der Waals surface area (Å²) in [5.41, 5.74) is 1.43. The molecule has 1 amide bonds. The van der Waals surface area contributed by atoms with Gasteiger partial charge in [0.25, 0.3) is 0 Å². The molecule has 1 aromatic rings. The number of nitrogens with one attached hydrogen (secondary N) is 1. The third-order valence-electron chi connectivity index (χ3n) is 3.35. The van der Waals surface area contributed by atoms with Crippen LogP contribution in [0, 0.1) is 0 Å². The molecule has 2 rings (SSSR count). The number of methoxy groups -OCH3 is 3. The van der Waals surface area contributed by atoms with E-state index in [1.165, 1.54) is 18.9 Å². The Hall–Kier alpha value is -2.15. The fraction of sp³-hybridized carbons (Fsp3) is 0.375. The van der Waals surface area contributed by atoms with Gasteiger partial charge in [0.15, 0.2) is 11.5 Å². The quantitative estimate of drug-likeness (QED) is 0.799. The van der Waals surface area contributed by atoms with Gasteiger partial charge in [-0.05, 0) is 24.1 Å². The lowest BCUT2D eigenvalue weighted by Gasteiger charge is -2.11. The number of hydrogen-bond donors (Lipinski definition) is 1. The summed E-state index contributed by atoms with van der Waals surface area (Å²) in [6, 6.07) is 5.32. The number of rotatable bonds is 6. The number of hydrogen-bond acceptors (Lipinski definition) is 6. The number of benzene rings is 1.